The summed E-state index contributed by atoms with van der Waals surface area (Å²) in [5.41, 5.74) is 3.43. The number of rotatable bonds is 4. The maximum atomic E-state index is 11.2. The molecule has 0 aliphatic heterocycles. The van der Waals surface area contributed by atoms with Crippen LogP contribution < -0.4 is 0 Å². The van der Waals surface area contributed by atoms with E-state index in [1.165, 1.54) is 4.88 Å². The minimum Gasteiger partial charge on any atom is -0.481 e. The molecule has 0 spiro atoms. The number of aliphatic carboxylic acids is 1. The monoisotopic (exact) mass is 301 g/mol. The van der Waals surface area contributed by atoms with Crippen molar-refractivity contribution in [3.05, 3.63) is 40.8 Å². The summed E-state index contributed by atoms with van der Waals surface area (Å²) in [5, 5.41) is 9.23. The summed E-state index contributed by atoms with van der Waals surface area (Å²) >= 11 is 1.60. The van der Waals surface area contributed by atoms with Crippen LogP contribution in [0.4, 0.5) is 0 Å². The van der Waals surface area contributed by atoms with Crippen LogP contribution in [0.1, 0.15) is 23.2 Å². The van der Waals surface area contributed by atoms with E-state index in [4.69, 9.17) is 0 Å². The van der Waals surface area contributed by atoms with E-state index in [9.17, 15) is 9.90 Å². The summed E-state index contributed by atoms with van der Waals surface area (Å²) in [6.45, 7) is 4.12. The van der Waals surface area contributed by atoms with Gasteiger partial charge in [-0.2, -0.15) is 0 Å². The first kappa shape index (κ1) is 13.8. The maximum absolute atomic E-state index is 11.2. The topological polar surface area (TPSA) is 67.5 Å². The molecule has 0 bridgehead atoms. The lowest BCUT2D eigenvalue weighted by molar-refractivity contribution is -0.136. The lowest BCUT2D eigenvalue weighted by Gasteiger charge is -2.04. The number of pyridine rings is 1. The molecular weight excluding hydrogens is 286 g/mol. The van der Waals surface area contributed by atoms with Gasteiger partial charge in [0.25, 0.3) is 0 Å². The Labute approximate surface area is 125 Å². The molecule has 3 rings (SSSR count). The number of aryl methyl sites for hydroxylation is 2. The average molecular weight is 301 g/mol. The molecule has 108 valence electrons. The summed E-state index contributed by atoms with van der Waals surface area (Å²) < 4.78 is 2.00. The van der Waals surface area contributed by atoms with Crippen molar-refractivity contribution in [3.63, 3.8) is 0 Å². The number of hydrogen-bond acceptors (Lipinski definition) is 4. The maximum Gasteiger partial charge on any atom is 0.309 e. The number of hydrogen-bond donors (Lipinski definition) is 1. The zero-order valence-corrected chi connectivity index (χ0v) is 12.6. The molecule has 1 N–H and O–H groups in total. The third-order valence-corrected chi connectivity index (χ3v) is 4.45. The highest BCUT2D eigenvalue weighted by atomic mass is 32.1. The fourth-order valence-electron chi connectivity index (χ4n) is 2.58. The molecule has 0 saturated heterocycles. The van der Waals surface area contributed by atoms with E-state index in [2.05, 4.69) is 16.9 Å². The van der Waals surface area contributed by atoms with Crippen molar-refractivity contribution >= 4 is 22.3 Å². The van der Waals surface area contributed by atoms with Crippen molar-refractivity contribution in [3.8, 4) is 11.3 Å². The van der Waals surface area contributed by atoms with Gasteiger partial charge in [-0.25, -0.2) is 4.98 Å². The molecule has 0 amide bonds. The lowest BCUT2D eigenvalue weighted by Crippen LogP contribution is -2.06. The quantitative estimate of drug-likeness (QED) is 0.804. The molecular formula is C15H15N3O2S. The largest absolute Gasteiger partial charge is 0.481 e. The predicted molar refractivity (Wildman–Crippen MR) is 81.8 cm³/mol. The molecule has 0 fully saturated rings. The van der Waals surface area contributed by atoms with Crippen molar-refractivity contribution in [1.29, 1.82) is 0 Å². The van der Waals surface area contributed by atoms with Crippen molar-refractivity contribution in [2.45, 2.75) is 26.7 Å². The Bertz CT molecular complexity index is 805. The van der Waals surface area contributed by atoms with E-state index in [0.29, 0.717) is 5.69 Å². The normalized spacial score (nSPS) is 11.1. The number of carboxylic acid groups (broad SMARTS) is 1. The number of thiazole rings is 1. The van der Waals surface area contributed by atoms with Crippen LogP contribution in [0.2, 0.25) is 0 Å². The molecule has 3 aromatic rings. The van der Waals surface area contributed by atoms with E-state index in [0.717, 1.165) is 28.3 Å². The van der Waals surface area contributed by atoms with Gasteiger partial charge >= 0.3 is 5.97 Å². The molecule has 0 aromatic carbocycles. The van der Waals surface area contributed by atoms with Gasteiger partial charge in [0.1, 0.15) is 0 Å². The summed E-state index contributed by atoms with van der Waals surface area (Å²) in [4.78, 5) is 22.0. The standard InChI is InChI=1S/C15H15N3O2S/c1-3-11-9(2)21-15-17-14(10-5-4-6-16-8-10)12(18(11)15)7-13(19)20/h4-6,8H,3,7H2,1-2H3,(H,19,20). The van der Waals surface area contributed by atoms with Gasteiger partial charge in [0.05, 0.1) is 17.8 Å². The molecule has 0 radical (unpaired) electrons. The molecule has 0 aliphatic carbocycles. The molecule has 0 atom stereocenters. The minimum absolute atomic E-state index is 0.0471. The van der Waals surface area contributed by atoms with Crippen LogP contribution in [0.3, 0.4) is 0 Å². The van der Waals surface area contributed by atoms with Crippen LogP contribution in [-0.2, 0) is 17.6 Å². The second kappa shape index (κ2) is 5.29. The van der Waals surface area contributed by atoms with E-state index in [1.807, 2.05) is 23.5 Å². The van der Waals surface area contributed by atoms with E-state index < -0.39 is 5.97 Å². The first-order valence-electron chi connectivity index (χ1n) is 6.73. The minimum atomic E-state index is -0.854. The van der Waals surface area contributed by atoms with E-state index in [-0.39, 0.29) is 6.42 Å². The third-order valence-electron chi connectivity index (χ3n) is 3.45. The van der Waals surface area contributed by atoms with Crippen LogP contribution in [-0.4, -0.2) is 25.4 Å². The first-order valence-corrected chi connectivity index (χ1v) is 7.55. The van der Waals surface area contributed by atoms with Crippen LogP contribution >= 0.6 is 11.3 Å². The van der Waals surface area contributed by atoms with Crippen LogP contribution in [0.15, 0.2) is 24.5 Å². The van der Waals surface area contributed by atoms with Crippen molar-refractivity contribution in [1.82, 2.24) is 14.4 Å². The van der Waals surface area contributed by atoms with E-state index in [1.54, 1.807) is 23.7 Å². The van der Waals surface area contributed by atoms with Crippen molar-refractivity contribution in [2.24, 2.45) is 0 Å². The molecule has 3 aromatic heterocycles. The molecule has 21 heavy (non-hydrogen) atoms. The summed E-state index contributed by atoms with van der Waals surface area (Å²) in [6.07, 6.45) is 4.21. The average Bonchev–Trinajstić information content (AvgIpc) is 2.95. The smallest absolute Gasteiger partial charge is 0.309 e. The van der Waals surface area contributed by atoms with Crippen LogP contribution in [0, 0.1) is 6.92 Å². The van der Waals surface area contributed by atoms with Crippen molar-refractivity contribution < 1.29 is 9.90 Å². The van der Waals surface area contributed by atoms with Crippen molar-refractivity contribution in [2.75, 3.05) is 0 Å². The Morgan fingerprint density at radius 2 is 2.24 bits per heavy atom. The number of carbonyl (C=O) groups is 1. The number of nitrogens with zero attached hydrogens (tertiary/aromatic N) is 3. The van der Waals surface area contributed by atoms with Gasteiger partial charge in [-0.3, -0.25) is 14.2 Å². The SMILES string of the molecule is CCc1c(C)sc2nc(-c3cccnc3)c(CC(=O)O)n12. The summed E-state index contributed by atoms with van der Waals surface area (Å²) in [7, 11) is 0. The number of imidazole rings is 1. The number of aromatic nitrogens is 3. The zero-order chi connectivity index (χ0) is 15.0. The molecule has 6 heteroatoms. The highest BCUT2D eigenvalue weighted by molar-refractivity contribution is 7.17. The molecule has 0 aliphatic rings. The second-order valence-corrected chi connectivity index (χ2v) is 5.98. The summed E-state index contributed by atoms with van der Waals surface area (Å²) in [6, 6.07) is 3.74. The van der Waals surface area contributed by atoms with Gasteiger partial charge in [-0.05, 0) is 25.5 Å². The van der Waals surface area contributed by atoms with Gasteiger partial charge in [0.15, 0.2) is 4.96 Å². The molecule has 5 nitrogen and oxygen atoms in total. The van der Waals surface area contributed by atoms with Gasteiger partial charge < -0.3 is 5.11 Å². The fraction of sp³-hybridized carbons (Fsp3) is 0.267. The van der Waals surface area contributed by atoms with Gasteiger partial charge in [0, 0.05) is 28.5 Å². The number of carboxylic acids is 1. The van der Waals surface area contributed by atoms with Crippen LogP contribution in [0.5, 0.6) is 0 Å². The zero-order valence-electron chi connectivity index (χ0n) is 11.8. The van der Waals surface area contributed by atoms with Crippen LogP contribution in [0.25, 0.3) is 16.2 Å². The third kappa shape index (κ3) is 2.31. The number of fused-ring (bicyclic) bond motifs is 1. The predicted octanol–water partition coefficient (Wildman–Crippen LogP) is 2.96. The van der Waals surface area contributed by atoms with Gasteiger partial charge in [-0.15, -0.1) is 11.3 Å². The van der Waals surface area contributed by atoms with Gasteiger partial charge in [0.2, 0.25) is 0 Å². The highest BCUT2D eigenvalue weighted by Crippen LogP contribution is 2.31. The Kier molecular flexibility index (Phi) is 3.47. The Morgan fingerprint density at radius 3 is 2.86 bits per heavy atom. The fourth-order valence-corrected chi connectivity index (χ4v) is 3.65. The van der Waals surface area contributed by atoms with Gasteiger partial charge in [-0.1, -0.05) is 6.92 Å². The molecule has 3 heterocycles. The van der Waals surface area contributed by atoms with E-state index >= 15 is 0 Å². The molecule has 0 unspecified atom stereocenters. The summed E-state index contributed by atoms with van der Waals surface area (Å²) in [5.74, 6) is -0.854. The Hall–Kier alpha value is -2.21. The lowest BCUT2D eigenvalue weighted by atomic mass is 10.1. The highest BCUT2D eigenvalue weighted by Gasteiger charge is 2.21. The molecule has 0 saturated carbocycles. The Balaban J connectivity index is 2.30. The first-order chi connectivity index (χ1) is 10.1. The Morgan fingerprint density at radius 1 is 1.43 bits per heavy atom. The second-order valence-electron chi connectivity index (χ2n) is 4.80.